The van der Waals surface area contributed by atoms with Crippen molar-refractivity contribution in [1.82, 2.24) is 14.5 Å². The summed E-state index contributed by atoms with van der Waals surface area (Å²) in [5.74, 6) is 0.465. The van der Waals surface area contributed by atoms with Crippen molar-refractivity contribution < 1.29 is 9.53 Å². The fraction of sp³-hybridized carbons (Fsp3) is 0.320. The Labute approximate surface area is 196 Å². The lowest BCUT2D eigenvalue weighted by Crippen LogP contribution is -2.14. The van der Waals surface area contributed by atoms with E-state index in [1.165, 1.54) is 29.6 Å². The monoisotopic (exact) mass is 465 g/mol. The van der Waals surface area contributed by atoms with Gasteiger partial charge in [0.05, 0.1) is 5.39 Å². The second kappa shape index (κ2) is 8.68. The molecule has 0 spiro atoms. The largest absolute Gasteiger partial charge is 0.469 e. The topological polar surface area (TPSA) is 57.0 Å². The molecule has 0 saturated heterocycles. The van der Waals surface area contributed by atoms with E-state index in [9.17, 15) is 4.79 Å². The molecule has 0 bridgehead atoms. The van der Waals surface area contributed by atoms with E-state index in [-0.39, 0.29) is 12.4 Å². The van der Waals surface area contributed by atoms with Crippen LogP contribution in [-0.2, 0) is 19.4 Å². The molecule has 5 rings (SSSR count). The van der Waals surface area contributed by atoms with Crippen LogP contribution in [0.4, 0.5) is 0 Å². The number of Topliss-reactive ketones (excluding diaryl/α,β-unsaturated/α-hetero) is 1. The number of rotatable bonds is 6. The average Bonchev–Trinajstić information content (AvgIpc) is 3.31. The van der Waals surface area contributed by atoms with E-state index < -0.39 is 0 Å². The molecule has 1 aromatic carbocycles. The van der Waals surface area contributed by atoms with Crippen molar-refractivity contribution in [3.05, 3.63) is 74.6 Å². The van der Waals surface area contributed by atoms with Gasteiger partial charge in [0.25, 0.3) is 0 Å². The highest BCUT2D eigenvalue weighted by Gasteiger charge is 2.22. The number of halogens is 1. The third-order valence-electron chi connectivity index (χ3n) is 6.22. The van der Waals surface area contributed by atoms with E-state index in [2.05, 4.69) is 14.5 Å². The maximum absolute atomic E-state index is 13.1. The fourth-order valence-corrected chi connectivity index (χ4v) is 5.92. The molecule has 0 aliphatic heterocycles. The zero-order valence-electron chi connectivity index (χ0n) is 18.2. The zero-order valence-corrected chi connectivity index (χ0v) is 19.7. The average molecular weight is 466 g/mol. The molecule has 0 fully saturated rings. The number of nitrogens with zero attached hydrogens (tertiary/aromatic N) is 3. The summed E-state index contributed by atoms with van der Waals surface area (Å²) in [5, 5.41) is 1.72. The van der Waals surface area contributed by atoms with E-state index in [1.807, 2.05) is 44.2 Å². The minimum atomic E-state index is -0.0561. The SMILES string of the molecule is Cc1cc(C(=O)COc2ncnc3sc4c(c23)CCCC4)c(C)n1Cc1ccccc1Cl. The maximum atomic E-state index is 13.1. The molecule has 0 radical (unpaired) electrons. The van der Waals surface area contributed by atoms with Gasteiger partial charge in [-0.05, 0) is 62.8 Å². The number of carbonyl (C=O) groups is 1. The van der Waals surface area contributed by atoms with Crippen LogP contribution in [0.1, 0.15) is 50.6 Å². The number of thiophene rings is 1. The van der Waals surface area contributed by atoms with Crippen LogP contribution in [0.25, 0.3) is 10.2 Å². The second-order valence-electron chi connectivity index (χ2n) is 8.24. The van der Waals surface area contributed by atoms with Crippen LogP contribution in [0.3, 0.4) is 0 Å². The molecule has 1 aliphatic carbocycles. The lowest BCUT2D eigenvalue weighted by molar-refractivity contribution is 0.0918. The summed E-state index contributed by atoms with van der Waals surface area (Å²) in [6, 6.07) is 9.72. The predicted molar refractivity (Wildman–Crippen MR) is 128 cm³/mol. The van der Waals surface area contributed by atoms with Gasteiger partial charge in [0, 0.05) is 33.4 Å². The first-order valence-corrected chi connectivity index (χ1v) is 12.0. The van der Waals surface area contributed by atoms with Crippen molar-refractivity contribution in [1.29, 1.82) is 0 Å². The van der Waals surface area contributed by atoms with Crippen molar-refractivity contribution in [3.63, 3.8) is 0 Å². The number of hydrogen-bond donors (Lipinski definition) is 0. The van der Waals surface area contributed by atoms with E-state index >= 15 is 0 Å². The van der Waals surface area contributed by atoms with Crippen LogP contribution in [0, 0.1) is 13.8 Å². The molecule has 32 heavy (non-hydrogen) atoms. The quantitative estimate of drug-likeness (QED) is 0.330. The van der Waals surface area contributed by atoms with Gasteiger partial charge in [0.2, 0.25) is 11.7 Å². The molecule has 7 heteroatoms. The molecule has 4 aromatic rings. The molecule has 3 heterocycles. The van der Waals surface area contributed by atoms with E-state index in [4.69, 9.17) is 16.3 Å². The predicted octanol–water partition coefficient (Wildman–Crippen LogP) is 5.95. The maximum Gasteiger partial charge on any atom is 0.226 e. The van der Waals surface area contributed by atoms with E-state index in [0.29, 0.717) is 18.0 Å². The summed E-state index contributed by atoms with van der Waals surface area (Å²) < 4.78 is 8.09. The highest BCUT2D eigenvalue weighted by atomic mass is 35.5. The summed E-state index contributed by atoms with van der Waals surface area (Å²) in [6.07, 6.45) is 6.02. The molecule has 0 atom stereocenters. The van der Waals surface area contributed by atoms with Crippen LogP contribution in [-0.4, -0.2) is 26.9 Å². The summed E-state index contributed by atoms with van der Waals surface area (Å²) >= 11 is 8.07. The smallest absolute Gasteiger partial charge is 0.226 e. The molecule has 164 valence electrons. The summed E-state index contributed by atoms with van der Waals surface area (Å²) in [7, 11) is 0. The molecule has 5 nitrogen and oxygen atoms in total. The Kier molecular flexibility index (Phi) is 5.74. The third kappa shape index (κ3) is 3.82. The van der Waals surface area contributed by atoms with Crippen molar-refractivity contribution >= 4 is 38.9 Å². The van der Waals surface area contributed by atoms with Crippen molar-refractivity contribution in [3.8, 4) is 5.88 Å². The highest BCUT2D eigenvalue weighted by Crippen LogP contribution is 2.39. The Morgan fingerprint density at radius 2 is 2.00 bits per heavy atom. The lowest BCUT2D eigenvalue weighted by Gasteiger charge is -2.12. The standard InChI is InChI=1S/C25H24ClN3O2S/c1-15-11-19(16(2)29(15)12-17-7-3-5-9-20(17)26)21(30)13-31-24-23-18-8-4-6-10-22(18)32-25(23)28-14-27-24/h3,5,7,9,11,14H,4,6,8,10,12-13H2,1-2H3. The van der Waals surface area contributed by atoms with Gasteiger partial charge in [-0.15, -0.1) is 11.3 Å². The van der Waals surface area contributed by atoms with Gasteiger partial charge in [0.15, 0.2) is 6.61 Å². The first-order chi connectivity index (χ1) is 15.5. The van der Waals surface area contributed by atoms with Gasteiger partial charge in [-0.3, -0.25) is 4.79 Å². The Morgan fingerprint density at radius 1 is 1.19 bits per heavy atom. The number of benzene rings is 1. The molecule has 0 amide bonds. The Bertz CT molecular complexity index is 1320. The molecule has 1 aliphatic rings. The van der Waals surface area contributed by atoms with Crippen LogP contribution in [0.2, 0.25) is 5.02 Å². The molecular formula is C25H24ClN3O2S. The summed E-state index contributed by atoms with van der Waals surface area (Å²) in [4.78, 5) is 24.2. The summed E-state index contributed by atoms with van der Waals surface area (Å²) in [6.45, 7) is 4.55. The van der Waals surface area contributed by atoms with Crippen LogP contribution in [0.5, 0.6) is 5.88 Å². The highest BCUT2D eigenvalue weighted by molar-refractivity contribution is 7.18. The number of fused-ring (bicyclic) bond motifs is 3. The van der Waals surface area contributed by atoms with E-state index in [0.717, 1.165) is 45.0 Å². The minimum absolute atomic E-state index is 0.0485. The second-order valence-corrected chi connectivity index (χ2v) is 9.73. The van der Waals surface area contributed by atoms with Crippen molar-refractivity contribution in [2.75, 3.05) is 6.61 Å². The number of carbonyl (C=O) groups excluding carboxylic acids is 1. The number of ether oxygens (including phenoxy) is 1. The number of ketones is 1. The first-order valence-electron chi connectivity index (χ1n) is 10.8. The molecular weight excluding hydrogens is 442 g/mol. The van der Waals surface area contributed by atoms with Crippen molar-refractivity contribution in [2.45, 2.75) is 46.1 Å². The number of aryl methyl sites for hydroxylation is 3. The van der Waals surface area contributed by atoms with Crippen LogP contribution in [0.15, 0.2) is 36.7 Å². The van der Waals surface area contributed by atoms with E-state index in [1.54, 1.807) is 11.3 Å². The van der Waals surface area contributed by atoms with Crippen LogP contribution >= 0.6 is 22.9 Å². The fourth-order valence-electron chi connectivity index (χ4n) is 4.51. The number of aromatic nitrogens is 3. The normalized spacial score (nSPS) is 13.3. The van der Waals surface area contributed by atoms with Crippen molar-refractivity contribution in [2.24, 2.45) is 0 Å². The third-order valence-corrected chi connectivity index (χ3v) is 7.79. The Morgan fingerprint density at radius 3 is 2.84 bits per heavy atom. The molecule has 0 saturated carbocycles. The Balaban J connectivity index is 1.37. The molecule has 0 N–H and O–H groups in total. The molecule has 3 aromatic heterocycles. The Hall–Kier alpha value is -2.70. The number of hydrogen-bond acceptors (Lipinski definition) is 5. The van der Waals surface area contributed by atoms with Crippen LogP contribution < -0.4 is 4.74 Å². The van der Waals surface area contributed by atoms with Gasteiger partial charge in [-0.2, -0.15) is 0 Å². The minimum Gasteiger partial charge on any atom is -0.469 e. The molecule has 0 unspecified atom stereocenters. The lowest BCUT2D eigenvalue weighted by atomic mass is 9.97. The van der Waals surface area contributed by atoms with Gasteiger partial charge in [-0.1, -0.05) is 29.8 Å². The van der Waals surface area contributed by atoms with Gasteiger partial charge in [-0.25, -0.2) is 9.97 Å². The zero-order chi connectivity index (χ0) is 22.2. The van der Waals surface area contributed by atoms with Gasteiger partial charge in [0.1, 0.15) is 11.2 Å². The summed E-state index contributed by atoms with van der Waals surface area (Å²) in [5.41, 5.74) is 4.93. The van der Waals surface area contributed by atoms with Gasteiger partial charge < -0.3 is 9.30 Å². The first kappa shape index (κ1) is 21.2. The van der Waals surface area contributed by atoms with Gasteiger partial charge >= 0.3 is 0 Å².